The van der Waals surface area contributed by atoms with Crippen LogP contribution in [-0.2, 0) is 24.6 Å². The number of anilines is 2. The number of hydrogen-bond donors (Lipinski definition) is 4. The van der Waals surface area contributed by atoms with Gasteiger partial charge in [0, 0.05) is 72.2 Å². The van der Waals surface area contributed by atoms with Crippen LogP contribution in [0.3, 0.4) is 0 Å². The van der Waals surface area contributed by atoms with Crippen LogP contribution in [0, 0.1) is 5.41 Å². The van der Waals surface area contributed by atoms with Crippen molar-refractivity contribution in [2.45, 2.75) is 65.8 Å². The minimum absolute atomic E-state index is 0.0374. The maximum atomic E-state index is 14.1. The van der Waals surface area contributed by atoms with E-state index in [1.54, 1.807) is 12.1 Å². The van der Waals surface area contributed by atoms with Crippen molar-refractivity contribution in [3.63, 3.8) is 0 Å². The molecule has 2 aliphatic rings. The molecule has 4 aromatic carbocycles. The van der Waals surface area contributed by atoms with E-state index in [9.17, 15) is 34.8 Å². The minimum Gasteiger partial charge on any atom is -0.384 e. The molecular formula is C45H53ClF3N5O6S3. The van der Waals surface area contributed by atoms with E-state index in [0.717, 1.165) is 42.8 Å². The summed E-state index contributed by atoms with van der Waals surface area (Å²) in [7, 11) is -10.9. The highest BCUT2D eigenvalue weighted by molar-refractivity contribution is 7.99. The van der Waals surface area contributed by atoms with Gasteiger partial charge < -0.3 is 20.7 Å². The highest BCUT2D eigenvalue weighted by Crippen LogP contribution is 2.43. The lowest BCUT2D eigenvalue weighted by Gasteiger charge is -2.34. The summed E-state index contributed by atoms with van der Waals surface area (Å²) >= 11 is 7.59. The van der Waals surface area contributed by atoms with E-state index in [1.165, 1.54) is 40.6 Å². The van der Waals surface area contributed by atoms with Crippen LogP contribution in [0.4, 0.5) is 24.5 Å². The summed E-state index contributed by atoms with van der Waals surface area (Å²) in [5.74, 6) is -0.683. The lowest BCUT2D eigenvalue weighted by atomic mass is 9.72. The van der Waals surface area contributed by atoms with Crippen LogP contribution in [0.5, 0.6) is 0 Å². The van der Waals surface area contributed by atoms with E-state index in [0.29, 0.717) is 74.9 Å². The second kappa shape index (κ2) is 21.3. The molecule has 1 atom stereocenters. The van der Waals surface area contributed by atoms with Crippen molar-refractivity contribution in [2.24, 2.45) is 5.41 Å². The Morgan fingerprint density at radius 2 is 1.62 bits per heavy atom. The molecule has 11 nitrogen and oxygen atoms in total. The normalized spacial score (nSPS) is 16.7. The van der Waals surface area contributed by atoms with Gasteiger partial charge in [-0.15, -0.1) is 11.8 Å². The molecule has 1 aliphatic heterocycles. The number of nitrogens with one attached hydrogen (secondary N) is 4. The Bertz CT molecular complexity index is 2430. The van der Waals surface area contributed by atoms with E-state index in [2.05, 4.69) is 46.8 Å². The maximum Gasteiger partial charge on any atom is 0.501 e. The lowest BCUT2D eigenvalue weighted by molar-refractivity contribution is -0.0435. The molecule has 0 unspecified atom stereocenters. The summed E-state index contributed by atoms with van der Waals surface area (Å²) in [6.07, 6.45) is 3.50. The number of sulfone groups is 1. The fraction of sp³-hybridized carbons (Fsp3) is 0.400. The van der Waals surface area contributed by atoms with Crippen LogP contribution in [-0.4, -0.2) is 97.4 Å². The summed E-state index contributed by atoms with van der Waals surface area (Å²) < 4.78 is 103. The first-order chi connectivity index (χ1) is 29.9. The van der Waals surface area contributed by atoms with E-state index in [-0.39, 0.29) is 11.0 Å². The van der Waals surface area contributed by atoms with Crippen LogP contribution in [0.25, 0.3) is 5.57 Å². The number of alkyl halides is 3. The van der Waals surface area contributed by atoms with Gasteiger partial charge in [-0.3, -0.25) is 9.69 Å². The first-order valence-corrected chi connectivity index (χ1v) is 25.0. The van der Waals surface area contributed by atoms with Crippen molar-refractivity contribution in [3.05, 3.63) is 119 Å². The highest BCUT2D eigenvalue weighted by Gasteiger charge is 2.48. The maximum absolute atomic E-state index is 14.1. The van der Waals surface area contributed by atoms with E-state index in [4.69, 9.17) is 16.3 Å². The van der Waals surface area contributed by atoms with Crippen molar-refractivity contribution in [2.75, 3.05) is 68.9 Å². The zero-order valence-electron chi connectivity index (χ0n) is 35.1. The van der Waals surface area contributed by atoms with Gasteiger partial charge in [-0.2, -0.15) is 13.2 Å². The summed E-state index contributed by atoms with van der Waals surface area (Å²) in [5.41, 5.74) is -1.42. The summed E-state index contributed by atoms with van der Waals surface area (Å²) in [6.45, 7) is 9.51. The molecule has 0 aromatic heterocycles. The number of allylic oxidation sites excluding steroid dienone is 1. The number of hydrogen-bond acceptors (Lipinski definition) is 11. The van der Waals surface area contributed by atoms with Crippen molar-refractivity contribution in [1.29, 1.82) is 0 Å². The number of thioether (sulfide) groups is 1. The van der Waals surface area contributed by atoms with Crippen LogP contribution in [0.1, 0.15) is 55.5 Å². The first-order valence-electron chi connectivity index (χ1n) is 20.7. The van der Waals surface area contributed by atoms with Gasteiger partial charge in [-0.05, 0) is 109 Å². The van der Waals surface area contributed by atoms with Crippen LogP contribution < -0.4 is 20.7 Å². The standard InChI is InChI=1S/C45H53ClF3N5O6S3/c1-44(2)20-18-34(40(29-44)32-8-12-35(46)13-9-32)30-50-21-22-51-36-14-10-33(11-15-36)43(55)53-63(58,59)39-16-17-41(42(28-39)62(56,57)45(47,48)49)52-37(19-23-54-24-26-60-27-25-54)31-61-38-6-4-3-5-7-38/h3-17,28,37,50-52H,18-27,29-31H2,1-2H3,(H,53,55)/t37-/m1/s1. The molecule has 1 heterocycles. The van der Waals surface area contributed by atoms with Crippen molar-refractivity contribution in [1.82, 2.24) is 14.9 Å². The molecule has 0 spiro atoms. The fourth-order valence-electron chi connectivity index (χ4n) is 7.43. The van der Waals surface area contributed by atoms with Gasteiger partial charge in [0.15, 0.2) is 0 Å². The third kappa shape index (κ3) is 13.5. The van der Waals surface area contributed by atoms with Crippen molar-refractivity contribution >= 4 is 66.1 Å². The lowest BCUT2D eigenvalue weighted by Crippen LogP contribution is -2.39. The smallest absolute Gasteiger partial charge is 0.384 e. The number of morpholine rings is 1. The largest absolute Gasteiger partial charge is 0.501 e. The molecule has 0 bridgehead atoms. The van der Waals surface area contributed by atoms with Crippen LogP contribution in [0.2, 0.25) is 5.02 Å². The average molecular weight is 949 g/mol. The number of carbonyl (C=O) groups is 1. The number of ether oxygens (including phenoxy) is 1. The summed E-state index contributed by atoms with van der Waals surface area (Å²) in [5, 5.41) is 10.5. The Hall–Kier alpha value is -4.10. The van der Waals surface area contributed by atoms with Crippen molar-refractivity contribution in [3.8, 4) is 0 Å². The molecule has 1 saturated heterocycles. The first kappa shape index (κ1) is 48.4. The number of amides is 1. The number of rotatable bonds is 19. The van der Waals surface area contributed by atoms with E-state index >= 15 is 0 Å². The number of halogens is 4. The second-order valence-corrected chi connectivity index (χ2v) is 21.5. The molecule has 4 aromatic rings. The minimum atomic E-state index is -6.05. The van der Waals surface area contributed by atoms with E-state index < -0.39 is 52.8 Å². The SMILES string of the molecule is CC1(C)CCC(CNCCNc2ccc(C(=O)NS(=O)(=O)c3ccc(N[C@H](CCN4CCOCC4)CSc4ccccc4)c(S(=O)(=O)C(F)(F)F)c3)cc2)=C(c2ccc(Cl)cc2)C1. The Balaban J connectivity index is 1.09. The predicted molar refractivity (Wildman–Crippen MR) is 245 cm³/mol. The highest BCUT2D eigenvalue weighted by atomic mass is 35.5. The Morgan fingerprint density at radius 1 is 0.921 bits per heavy atom. The number of sulfonamides is 1. The zero-order chi connectivity index (χ0) is 45.3. The predicted octanol–water partition coefficient (Wildman–Crippen LogP) is 8.71. The topological polar surface area (TPSA) is 146 Å². The van der Waals surface area contributed by atoms with Gasteiger partial charge in [-0.1, -0.05) is 61.4 Å². The van der Waals surface area contributed by atoms with E-state index in [1.807, 2.05) is 47.2 Å². The van der Waals surface area contributed by atoms with Gasteiger partial charge in [0.2, 0.25) is 0 Å². The Morgan fingerprint density at radius 3 is 2.30 bits per heavy atom. The van der Waals surface area contributed by atoms with Crippen molar-refractivity contribution < 1.29 is 39.5 Å². The molecule has 0 saturated carbocycles. The monoisotopic (exact) mass is 947 g/mol. The van der Waals surface area contributed by atoms with Gasteiger partial charge in [0.1, 0.15) is 4.90 Å². The van der Waals surface area contributed by atoms with Crippen LogP contribution >= 0.6 is 23.4 Å². The molecule has 1 fully saturated rings. The third-order valence-electron chi connectivity index (χ3n) is 11.0. The van der Waals surface area contributed by atoms with Gasteiger partial charge >= 0.3 is 5.51 Å². The zero-order valence-corrected chi connectivity index (χ0v) is 38.3. The van der Waals surface area contributed by atoms with Gasteiger partial charge in [0.25, 0.3) is 25.8 Å². The molecule has 6 rings (SSSR count). The third-order valence-corrected chi connectivity index (χ3v) is 15.3. The molecule has 340 valence electrons. The number of nitrogens with zero attached hydrogens (tertiary/aromatic N) is 1. The molecular weight excluding hydrogens is 895 g/mol. The molecule has 18 heteroatoms. The number of carbonyl (C=O) groups excluding carboxylic acids is 1. The number of benzene rings is 4. The van der Waals surface area contributed by atoms with Crippen LogP contribution in [0.15, 0.2) is 117 Å². The van der Waals surface area contributed by atoms with Gasteiger partial charge in [0.05, 0.1) is 23.8 Å². The summed E-state index contributed by atoms with van der Waals surface area (Å²) in [4.78, 5) is 14.1. The average Bonchev–Trinajstić information content (AvgIpc) is 3.25. The quantitative estimate of drug-likeness (QED) is 0.0529. The Labute approximate surface area is 377 Å². The molecule has 63 heavy (non-hydrogen) atoms. The Kier molecular flexibility index (Phi) is 16.3. The molecule has 0 radical (unpaired) electrons. The molecule has 1 amide bonds. The van der Waals surface area contributed by atoms with Gasteiger partial charge in [-0.25, -0.2) is 21.6 Å². The summed E-state index contributed by atoms with van der Waals surface area (Å²) in [6, 6.07) is 25.2. The molecule has 1 aliphatic carbocycles. The molecule has 4 N–H and O–H groups in total. The fourth-order valence-corrected chi connectivity index (χ4v) is 10.6. The second-order valence-electron chi connectivity index (χ2n) is 16.4.